The number of ether oxygens (including phenoxy) is 3. The number of amides is 1. The van der Waals surface area contributed by atoms with E-state index < -0.39 is 5.91 Å². The van der Waals surface area contributed by atoms with Crippen LogP contribution in [0.3, 0.4) is 0 Å². The number of carbonyl (C=O) groups is 1. The topological polar surface area (TPSA) is 96.0 Å². The summed E-state index contributed by atoms with van der Waals surface area (Å²) in [5.74, 6) is 5.38. The molecule has 0 saturated heterocycles. The van der Waals surface area contributed by atoms with Crippen LogP contribution >= 0.6 is 0 Å². The zero-order chi connectivity index (χ0) is 14.1. The number of hydrazine groups is 1. The predicted octanol–water partition coefficient (Wildman–Crippen LogP) is 0.371. The first-order valence-electron chi connectivity index (χ1n) is 5.93. The Morgan fingerprint density at radius 2 is 2.00 bits per heavy atom. The number of hydrogen-bond acceptors (Lipinski definition) is 6. The summed E-state index contributed by atoms with van der Waals surface area (Å²) >= 11 is 0. The molecule has 0 unspecified atom stereocenters. The molecule has 1 heterocycles. The Hall–Kier alpha value is -1.41. The molecular weight excluding hydrogens is 252 g/mol. The lowest BCUT2D eigenvalue weighted by molar-refractivity contribution is 0.0197. The molecule has 0 atom stereocenters. The molecule has 108 valence electrons. The monoisotopic (exact) mass is 272 g/mol. The summed E-state index contributed by atoms with van der Waals surface area (Å²) in [5.41, 5.74) is 2.83. The quantitative estimate of drug-likeness (QED) is 0.292. The van der Waals surface area contributed by atoms with Crippen molar-refractivity contribution in [2.45, 2.75) is 13.5 Å². The van der Waals surface area contributed by atoms with Crippen LogP contribution in [0.4, 0.5) is 0 Å². The molecule has 0 aromatic carbocycles. The van der Waals surface area contributed by atoms with Gasteiger partial charge in [0, 0.05) is 12.7 Å². The Kier molecular flexibility index (Phi) is 7.12. The van der Waals surface area contributed by atoms with Gasteiger partial charge in [0.1, 0.15) is 5.76 Å². The molecule has 7 heteroatoms. The van der Waals surface area contributed by atoms with Gasteiger partial charge in [0.25, 0.3) is 0 Å². The Balaban J connectivity index is 2.26. The summed E-state index contributed by atoms with van der Waals surface area (Å²) in [7, 11) is 1.62. The zero-order valence-corrected chi connectivity index (χ0v) is 11.2. The highest BCUT2D eigenvalue weighted by atomic mass is 16.5. The standard InChI is InChI=1S/C12H20N2O5/c1-9-10(7-11(19-9)12(15)14-13)8-18-6-5-17-4-3-16-2/h7H,3-6,8,13H2,1-2H3,(H,14,15). The van der Waals surface area contributed by atoms with Gasteiger partial charge in [-0.2, -0.15) is 0 Å². The van der Waals surface area contributed by atoms with E-state index in [-0.39, 0.29) is 5.76 Å². The van der Waals surface area contributed by atoms with Gasteiger partial charge >= 0.3 is 5.91 Å². The third-order valence-electron chi connectivity index (χ3n) is 2.44. The van der Waals surface area contributed by atoms with Gasteiger partial charge in [-0.25, -0.2) is 5.84 Å². The van der Waals surface area contributed by atoms with Crippen LogP contribution in [0.15, 0.2) is 10.5 Å². The first-order chi connectivity index (χ1) is 9.19. The summed E-state index contributed by atoms with van der Waals surface area (Å²) in [6, 6.07) is 1.61. The van der Waals surface area contributed by atoms with Gasteiger partial charge < -0.3 is 18.6 Å². The maximum absolute atomic E-state index is 11.3. The van der Waals surface area contributed by atoms with Gasteiger partial charge in [-0.15, -0.1) is 0 Å². The fourth-order valence-corrected chi connectivity index (χ4v) is 1.39. The maximum Gasteiger partial charge on any atom is 0.300 e. The van der Waals surface area contributed by atoms with Crippen molar-refractivity contribution < 1.29 is 23.4 Å². The second-order valence-corrected chi connectivity index (χ2v) is 3.82. The smallest absolute Gasteiger partial charge is 0.300 e. The van der Waals surface area contributed by atoms with Gasteiger partial charge in [0.05, 0.1) is 33.0 Å². The largest absolute Gasteiger partial charge is 0.456 e. The molecule has 0 aliphatic carbocycles. The van der Waals surface area contributed by atoms with E-state index in [9.17, 15) is 4.79 Å². The van der Waals surface area contributed by atoms with E-state index in [1.54, 1.807) is 20.1 Å². The molecule has 0 saturated carbocycles. The van der Waals surface area contributed by atoms with E-state index in [0.29, 0.717) is 38.8 Å². The van der Waals surface area contributed by atoms with E-state index in [1.165, 1.54) is 0 Å². The molecule has 1 aromatic heterocycles. The van der Waals surface area contributed by atoms with Crippen molar-refractivity contribution in [1.29, 1.82) is 0 Å². The lowest BCUT2D eigenvalue weighted by Crippen LogP contribution is -2.29. The second kappa shape index (κ2) is 8.65. The Morgan fingerprint density at radius 3 is 2.68 bits per heavy atom. The Bertz CT molecular complexity index is 391. The molecule has 0 aliphatic rings. The number of methoxy groups -OCH3 is 1. The highest BCUT2D eigenvalue weighted by molar-refractivity contribution is 5.91. The Labute approximate surface area is 112 Å². The van der Waals surface area contributed by atoms with Gasteiger partial charge in [0.2, 0.25) is 0 Å². The van der Waals surface area contributed by atoms with Crippen LogP contribution in [0.2, 0.25) is 0 Å². The zero-order valence-electron chi connectivity index (χ0n) is 11.2. The molecule has 0 fully saturated rings. The summed E-state index contributed by atoms with van der Waals surface area (Å²) in [6.45, 7) is 4.20. The number of aryl methyl sites for hydroxylation is 1. The first-order valence-corrected chi connectivity index (χ1v) is 5.93. The van der Waals surface area contributed by atoms with Crippen molar-refractivity contribution in [1.82, 2.24) is 5.43 Å². The van der Waals surface area contributed by atoms with Crippen LogP contribution in [0.5, 0.6) is 0 Å². The van der Waals surface area contributed by atoms with Crippen LogP contribution in [0.1, 0.15) is 21.9 Å². The fraction of sp³-hybridized carbons (Fsp3) is 0.583. The number of nitrogen functional groups attached to an aromatic ring is 1. The molecule has 0 aliphatic heterocycles. The average Bonchev–Trinajstić information content (AvgIpc) is 2.78. The van der Waals surface area contributed by atoms with Crippen molar-refractivity contribution in [3.8, 4) is 0 Å². The molecule has 19 heavy (non-hydrogen) atoms. The van der Waals surface area contributed by atoms with E-state index in [2.05, 4.69) is 0 Å². The predicted molar refractivity (Wildman–Crippen MR) is 67.4 cm³/mol. The van der Waals surface area contributed by atoms with Gasteiger partial charge in [-0.3, -0.25) is 10.2 Å². The average molecular weight is 272 g/mol. The van der Waals surface area contributed by atoms with Crippen LogP contribution < -0.4 is 11.3 Å². The third-order valence-corrected chi connectivity index (χ3v) is 2.44. The molecule has 1 rings (SSSR count). The van der Waals surface area contributed by atoms with E-state index in [4.69, 9.17) is 24.5 Å². The van der Waals surface area contributed by atoms with Crippen LogP contribution in [-0.4, -0.2) is 39.4 Å². The molecular formula is C12H20N2O5. The van der Waals surface area contributed by atoms with Gasteiger partial charge in [-0.05, 0) is 13.0 Å². The van der Waals surface area contributed by atoms with E-state index >= 15 is 0 Å². The summed E-state index contributed by atoms with van der Waals surface area (Å²) in [6.07, 6.45) is 0. The van der Waals surface area contributed by atoms with Crippen molar-refractivity contribution >= 4 is 5.91 Å². The highest BCUT2D eigenvalue weighted by Gasteiger charge is 2.13. The highest BCUT2D eigenvalue weighted by Crippen LogP contribution is 2.15. The number of furan rings is 1. The van der Waals surface area contributed by atoms with Crippen molar-refractivity contribution in [3.63, 3.8) is 0 Å². The molecule has 7 nitrogen and oxygen atoms in total. The number of rotatable bonds is 9. The number of hydrogen-bond donors (Lipinski definition) is 2. The maximum atomic E-state index is 11.3. The first kappa shape index (κ1) is 15.6. The van der Waals surface area contributed by atoms with Crippen LogP contribution in [-0.2, 0) is 20.8 Å². The number of nitrogens with one attached hydrogen (secondary N) is 1. The SMILES string of the molecule is COCCOCCOCc1cc(C(=O)NN)oc1C. The van der Waals surface area contributed by atoms with Gasteiger partial charge in [-0.1, -0.05) is 0 Å². The minimum atomic E-state index is -0.461. The van der Waals surface area contributed by atoms with Crippen molar-refractivity contribution in [2.75, 3.05) is 33.5 Å². The third kappa shape index (κ3) is 5.39. The van der Waals surface area contributed by atoms with E-state index in [1.807, 2.05) is 5.43 Å². The molecule has 1 aromatic rings. The van der Waals surface area contributed by atoms with Crippen molar-refractivity contribution in [2.24, 2.45) is 5.84 Å². The molecule has 0 radical (unpaired) electrons. The van der Waals surface area contributed by atoms with E-state index in [0.717, 1.165) is 5.56 Å². The van der Waals surface area contributed by atoms with Crippen LogP contribution in [0, 0.1) is 6.92 Å². The molecule has 1 amide bonds. The normalized spacial score (nSPS) is 10.7. The minimum Gasteiger partial charge on any atom is -0.456 e. The van der Waals surface area contributed by atoms with Gasteiger partial charge in [0.15, 0.2) is 5.76 Å². The summed E-state index contributed by atoms with van der Waals surface area (Å²) in [5, 5.41) is 0. The Morgan fingerprint density at radius 1 is 1.32 bits per heavy atom. The molecule has 0 bridgehead atoms. The number of nitrogens with two attached hydrogens (primary N) is 1. The lowest BCUT2D eigenvalue weighted by atomic mass is 10.2. The van der Waals surface area contributed by atoms with Crippen molar-refractivity contribution in [3.05, 3.63) is 23.2 Å². The molecule has 0 spiro atoms. The second-order valence-electron chi connectivity index (χ2n) is 3.82. The van der Waals surface area contributed by atoms with Crippen LogP contribution in [0.25, 0.3) is 0 Å². The minimum absolute atomic E-state index is 0.176. The fourth-order valence-electron chi connectivity index (χ4n) is 1.39. The molecule has 3 N–H and O–H groups in total. The summed E-state index contributed by atoms with van der Waals surface area (Å²) < 4.78 is 20.8. The summed E-state index contributed by atoms with van der Waals surface area (Å²) in [4.78, 5) is 11.3. The number of carbonyl (C=O) groups excluding carboxylic acids is 1. The lowest BCUT2D eigenvalue weighted by Gasteiger charge is -2.04.